The number of halogens is 1. The molecule has 0 heterocycles. The summed E-state index contributed by atoms with van der Waals surface area (Å²) in [4.78, 5) is 12.0. The van der Waals surface area contributed by atoms with Crippen LogP contribution in [0.15, 0.2) is 48.5 Å². The third kappa shape index (κ3) is 3.17. The predicted molar refractivity (Wildman–Crippen MR) is 73.6 cm³/mol. The average molecular weight is 258 g/mol. The summed E-state index contributed by atoms with van der Waals surface area (Å²) >= 11 is 0. The van der Waals surface area contributed by atoms with E-state index in [0.29, 0.717) is 12.2 Å². The van der Waals surface area contributed by atoms with Crippen LogP contribution in [-0.4, -0.2) is 13.0 Å². The van der Waals surface area contributed by atoms with E-state index in [-0.39, 0.29) is 5.56 Å². The fraction of sp³-hybridized carbons (Fsp3) is 0.133. The molecule has 2 rings (SSSR count). The molecule has 1 amide bonds. The van der Waals surface area contributed by atoms with Crippen molar-refractivity contribution in [2.45, 2.75) is 6.54 Å². The lowest BCUT2D eigenvalue weighted by Crippen LogP contribution is -2.16. The molecule has 0 atom stereocenters. The second kappa shape index (κ2) is 6.11. The van der Waals surface area contributed by atoms with Crippen LogP contribution in [0.4, 0.5) is 10.1 Å². The van der Waals surface area contributed by atoms with Crippen molar-refractivity contribution >= 4 is 11.6 Å². The summed E-state index contributed by atoms with van der Waals surface area (Å²) < 4.78 is 13.5. The van der Waals surface area contributed by atoms with E-state index in [0.717, 1.165) is 5.56 Å². The fourth-order valence-electron chi connectivity index (χ4n) is 1.82. The molecule has 0 aliphatic rings. The molecule has 0 saturated carbocycles. The molecule has 2 aromatic carbocycles. The van der Waals surface area contributed by atoms with E-state index in [1.54, 1.807) is 18.2 Å². The molecule has 0 unspecified atom stereocenters. The Hall–Kier alpha value is -2.20. The predicted octanol–water partition coefficient (Wildman–Crippen LogP) is 2.80. The van der Waals surface area contributed by atoms with Gasteiger partial charge in [-0.3, -0.25) is 4.79 Å². The summed E-state index contributed by atoms with van der Waals surface area (Å²) in [6.07, 6.45) is 0. The number of hydrogen-bond donors (Lipinski definition) is 2. The van der Waals surface area contributed by atoms with Gasteiger partial charge >= 0.3 is 0 Å². The molecule has 19 heavy (non-hydrogen) atoms. The third-order valence-electron chi connectivity index (χ3n) is 2.75. The smallest absolute Gasteiger partial charge is 0.258 e. The van der Waals surface area contributed by atoms with Crippen LogP contribution in [0.2, 0.25) is 0 Å². The lowest BCUT2D eigenvalue weighted by molar-refractivity contribution is 0.102. The van der Waals surface area contributed by atoms with Crippen LogP contribution in [0.25, 0.3) is 0 Å². The first-order chi connectivity index (χ1) is 9.22. The molecule has 0 saturated heterocycles. The quantitative estimate of drug-likeness (QED) is 0.885. The van der Waals surface area contributed by atoms with Crippen molar-refractivity contribution < 1.29 is 9.18 Å². The van der Waals surface area contributed by atoms with Crippen LogP contribution in [0.1, 0.15) is 15.9 Å². The van der Waals surface area contributed by atoms with E-state index < -0.39 is 11.7 Å². The maximum absolute atomic E-state index is 13.5. The minimum Gasteiger partial charge on any atom is -0.322 e. The van der Waals surface area contributed by atoms with E-state index in [1.807, 2.05) is 25.2 Å². The lowest BCUT2D eigenvalue weighted by Gasteiger charge is -2.11. The molecule has 0 aliphatic heterocycles. The number of amides is 1. The molecule has 2 aromatic rings. The zero-order valence-electron chi connectivity index (χ0n) is 10.6. The van der Waals surface area contributed by atoms with Crippen LogP contribution in [0.5, 0.6) is 0 Å². The fourth-order valence-corrected chi connectivity index (χ4v) is 1.82. The third-order valence-corrected chi connectivity index (χ3v) is 2.75. The van der Waals surface area contributed by atoms with Gasteiger partial charge in [0.15, 0.2) is 0 Å². The Morgan fingerprint density at radius 1 is 1.11 bits per heavy atom. The highest BCUT2D eigenvalue weighted by atomic mass is 19.1. The number of para-hydroxylation sites is 1. The molecular formula is C15H15FN2O. The minimum absolute atomic E-state index is 0.0433. The zero-order valence-corrected chi connectivity index (χ0v) is 10.6. The average Bonchev–Trinajstić information content (AvgIpc) is 2.41. The molecule has 0 spiro atoms. The highest BCUT2D eigenvalue weighted by Gasteiger charge is 2.12. The highest BCUT2D eigenvalue weighted by Crippen LogP contribution is 2.16. The van der Waals surface area contributed by atoms with Crippen molar-refractivity contribution in [2.24, 2.45) is 0 Å². The normalized spacial score (nSPS) is 10.2. The van der Waals surface area contributed by atoms with Gasteiger partial charge in [0.25, 0.3) is 5.91 Å². The Morgan fingerprint density at radius 3 is 2.53 bits per heavy atom. The summed E-state index contributed by atoms with van der Waals surface area (Å²) in [6, 6.07) is 13.4. The van der Waals surface area contributed by atoms with Gasteiger partial charge in [-0.1, -0.05) is 30.3 Å². The molecular weight excluding hydrogens is 243 g/mol. The van der Waals surface area contributed by atoms with Crippen molar-refractivity contribution in [3.8, 4) is 0 Å². The van der Waals surface area contributed by atoms with Crippen molar-refractivity contribution in [3.63, 3.8) is 0 Å². The maximum Gasteiger partial charge on any atom is 0.258 e. The van der Waals surface area contributed by atoms with Gasteiger partial charge in [-0.25, -0.2) is 4.39 Å². The first kappa shape index (κ1) is 13.2. The Kier molecular flexibility index (Phi) is 4.26. The number of nitrogens with one attached hydrogen (secondary N) is 2. The number of carbonyl (C=O) groups excluding carboxylic acids is 1. The Bertz CT molecular complexity index is 584. The summed E-state index contributed by atoms with van der Waals surface area (Å²) in [6.45, 7) is 0.633. The topological polar surface area (TPSA) is 41.1 Å². The van der Waals surface area contributed by atoms with Gasteiger partial charge in [0.05, 0.1) is 5.56 Å². The molecule has 0 radical (unpaired) electrons. The number of rotatable bonds is 4. The number of anilines is 1. The summed E-state index contributed by atoms with van der Waals surface area (Å²) in [5.41, 5.74) is 1.68. The second-order valence-electron chi connectivity index (χ2n) is 4.12. The van der Waals surface area contributed by atoms with Crippen LogP contribution in [-0.2, 0) is 6.54 Å². The lowest BCUT2D eigenvalue weighted by atomic mass is 10.1. The molecule has 4 heteroatoms. The van der Waals surface area contributed by atoms with Crippen LogP contribution < -0.4 is 10.6 Å². The van der Waals surface area contributed by atoms with Crippen LogP contribution in [0.3, 0.4) is 0 Å². The van der Waals surface area contributed by atoms with E-state index in [1.165, 1.54) is 12.1 Å². The van der Waals surface area contributed by atoms with Crippen molar-refractivity contribution in [3.05, 3.63) is 65.5 Å². The summed E-state index contributed by atoms with van der Waals surface area (Å²) in [5, 5.41) is 5.76. The molecule has 0 fully saturated rings. The molecule has 0 aliphatic carbocycles. The zero-order chi connectivity index (χ0) is 13.7. The maximum atomic E-state index is 13.5. The van der Waals surface area contributed by atoms with Gasteiger partial charge in [-0.2, -0.15) is 0 Å². The van der Waals surface area contributed by atoms with Gasteiger partial charge in [0, 0.05) is 12.2 Å². The van der Waals surface area contributed by atoms with Crippen molar-refractivity contribution in [2.75, 3.05) is 12.4 Å². The highest BCUT2D eigenvalue weighted by molar-refractivity contribution is 6.04. The number of carbonyl (C=O) groups is 1. The number of benzene rings is 2. The van der Waals surface area contributed by atoms with E-state index >= 15 is 0 Å². The number of hydrogen-bond acceptors (Lipinski definition) is 2. The van der Waals surface area contributed by atoms with Gasteiger partial charge in [0.2, 0.25) is 0 Å². The standard InChI is InChI=1S/C15H15FN2O/c1-17-10-11-6-2-5-9-14(11)18-15(19)12-7-3-4-8-13(12)16/h2-9,17H,10H2,1H3,(H,18,19). The van der Waals surface area contributed by atoms with Gasteiger partial charge in [-0.15, -0.1) is 0 Å². The van der Waals surface area contributed by atoms with Crippen LogP contribution in [0, 0.1) is 5.82 Å². The Morgan fingerprint density at radius 2 is 1.79 bits per heavy atom. The Balaban J connectivity index is 2.22. The van der Waals surface area contributed by atoms with E-state index in [2.05, 4.69) is 10.6 Å². The first-order valence-electron chi connectivity index (χ1n) is 6.00. The molecule has 98 valence electrons. The summed E-state index contributed by atoms with van der Waals surface area (Å²) in [5.74, 6) is -0.965. The molecule has 0 bridgehead atoms. The van der Waals surface area contributed by atoms with Crippen LogP contribution >= 0.6 is 0 Å². The van der Waals surface area contributed by atoms with Crippen molar-refractivity contribution in [1.82, 2.24) is 5.32 Å². The second-order valence-corrected chi connectivity index (χ2v) is 4.12. The first-order valence-corrected chi connectivity index (χ1v) is 6.00. The van der Waals surface area contributed by atoms with Gasteiger partial charge in [-0.05, 0) is 30.8 Å². The van der Waals surface area contributed by atoms with Crippen molar-refractivity contribution in [1.29, 1.82) is 0 Å². The largest absolute Gasteiger partial charge is 0.322 e. The van der Waals surface area contributed by atoms with Gasteiger partial charge in [0.1, 0.15) is 5.82 Å². The van der Waals surface area contributed by atoms with E-state index in [4.69, 9.17) is 0 Å². The van der Waals surface area contributed by atoms with Gasteiger partial charge < -0.3 is 10.6 Å². The monoisotopic (exact) mass is 258 g/mol. The Labute approximate surface area is 111 Å². The molecule has 3 nitrogen and oxygen atoms in total. The minimum atomic E-state index is -0.522. The van der Waals surface area contributed by atoms with E-state index in [9.17, 15) is 9.18 Å². The molecule has 2 N–H and O–H groups in total. The molecule has 0 aromatic heterocycles. The SMILES string of the molecule is CNCc1ccccc1NC(=O)c1ccccc1F. The summed E-state index contributed by atoms with van der Waals surface area (Å²) in [7, 11) is 1.83.